The first-order chi connectivity index (χ1) is 11.6. The lowest BCUT2D eigenvalue weighted by atomic mass is 10.2. The first kappa shape index (κ1) is 16.4. The van der Waals surface area contributed by atoms with E-state index in [1.54, 1.807) is 40.1 Å². The van der Waals surface area contributed by atoms with Crippen LogP contribution < -0.4 is 5.32 Å². The standard InChI is InChI=1S/C16H15BrFN5O/c17-13-7-19-22(10-13)6-5-16(24)21-15-8-20-23(11-15)9-12-1-3-14(18)4-2-12/h1-4,7-8,10-11H,5-6,9H2,(H,21,24). The molecular weight excluding hydrogens is 377 g/mol. The van der Waals surface area contributed by atoms with Gasteiger partial charge in [-0.1, -0.05) is 12.1 Å². The average Bonchev–Trinajstić information content (AvgIpc) is 3.17. The molecule has 1 amide bonds. The summed E-state index contributed by atoms with van der Waals surface area (Å²) in [5.41, 5.74) is 1.56. The molecule has 2 aromatic heterocycles. The maximum Gasteiger partial charge on any atom is 0.226 e. The third-order valence-corrected chi connectivity index (χ3v) is 3.75. The van der Waals surface area contributed by atoms with E-state index in [1.165, 1.54) is 12.1 Å². The summed E-state index contributed by atoms with van der Waals surface area (Å²) in [6.45, 7) is 1.01. The van der Waals surface area contributed by atoms with Gasteiger partial charge in [-0.15, -0.1) is 0 Å². The molecule has 1 N–H and O–H groups in total. The highest BCUT2D eigenvalue weighted by molar-refractivity contribution is 9.10. The van der Waals surface area contributed by atoms with Crippen molar-refractivity contribution in [1.29, 1.82) is 0 Å². The van der Waals surface area contributed by atoms with Crippen LogP contribution in [-0.2, 0) is 17.9 Å². The van der Waals surface area contributed by atoms with Crippen LogP contribution in [0.15, 0.2) is 53.5 Å². The predicted molar refractivity (Wildman–Crippen MR) is 90.9 cm³/mol. The predicted octanol–water partition coefficient (Wildman–Crippen LogP) is 3.06. The normalized spacial score (nSPS) is 10.8. The fraction of sp³-hybridized carbons (Fsp3) is 0.188. The van der Waals surface area contributed by atoms with Gasteiger partial charge in [0.05, 0.1) is 29.1 Å². The van der Waals surface area contributed by atoms with E-state index >= 15 is 0 Å². The number of carbonyl (C=O) groups excluding carboxylic acids is 1. The third-order valence-electron chi connectivity index (χ3n) is 3.34. The molecule has 0 aliphatic heterocycles. The van der Waals surface area contributed by atoms with E-state index in [9.17, 15) is 9.18 Å². The minimum Gasteiger partial charge on any atom is -0.323 e. The molecule has 0 saturated carbocycles. The Bertz CT molecular complexity index is 827. The van der Waals surface area contributed by atoms with Crippen molar-refractivity contribution in [1.82, 2.24) is 19.6 Å². The summed E-state index contributed by atoms with van der Waals surface area (Å²) >= 11 is 3.31. The molecule has 3 aromatic rings. The lowest BCUT2D eigenvalue weighted by molar-refractivity contribution is -0.116. The fourth-order valence-electron chi connectivity index (χ4n) is 2.19. The van der Waals surface area contributed by atoms with Crippen molar-refractivity contribution in [3.05, 3.63) is 64.9 Å². The Morgan fingerprint density at radius 1 is 1.12 bits per heavy atom. The maximum absolute atomic E-state index is 12.9. The molecule has 124 valence electrons. The molecule has 6 nitrogen and oxygen atoms in total. The number of benzene rings is 1. The summed E-state index contributed by atoms with van der Waals surface area (Å²) < 4.78 is 17.2. The lowest BCUT2D eigenvalue weighted by Gasteiger charge is -2.03. The van der Waals surface area contributed by atoms with Crippen LogP contribution in [0.25, 0.3) is 0 Å². The molecule has 0 spiro atoms. The van der Waals surface area contributed by atoms with Gasteiger partial charge < -0.3 is 5.32 Å². The summed E-state index contributed by atoms with van der Waals surface area (Å²) in [5.74, 6) is -0.376. The van der Waals surface area contributed by atoms with E-state index in [2.05, 4.69) is 31.4 Å². The molecule has 0 saturated heterocycles. The molecule has 24 heavy (non-hydrogen) atoms. The van der Waals surface area contributed by atoms with Crippen molar-refractivity contribution in [2.45, 2.75) is 19.5 Å². The Labute approximate surface area is 146 Å². The number of hydrogen-bond donors (Lipinski definition) is 1. The molecule has 0 aliphatic rings. The number of amides is 1. The monoisotopic (exact) mass is 391 g/mol. The van der Waals surface area contributed by atoms with Crippen LogP contribution in [0.5, 0.6) is 0 Å². The van der Waals surface area contributed by atoms with Crippen molar-refractivity contribution in [3.63, 3.8) is 0 Å². The number of nitrogens with one attached hydrogen (secondary N) is 1. The van der Waals surface area contributed by atoms with Crippen LogP contribution in [0.2, 0.25) is 0 Å². The minimum absolute atomic E-state index is 0.108. The average molecular weight is 392 g/mol. The van der Waals surface area contributed by atoms with Crippen molar-refractivity contribution in [3.8, 4) is 0 Å². The minimum atomic E-state index is -0.267. The Morgan fingerprint density at radius 3 is 2.58 bits per heavy atom. The Hall–Kier alpha value is -2.48. The second kappa shape index (κ2) is 7.39. The quantitative estimate of drug-likeness (QED) is 0.702. The van der Waals surface area contributed by atoms with Gasteiger partial charge in [0.1, 0.15) is 5.82 Å². The second-order valence-corrected chi connectivity index (χ2v) is 6.19. The number of halogens is 2. The van der Waals surface area contributed by atoms with Gasteiger partial charge in [0, 0.05) is 25.4 Å². The zero-order chi connectivity index (χ0) is 16.9. The van der Waals surface area contributed by atoms with Crippen LogP contribution >= 0.6 is 15.9 Å². The molecule has 3 rings (SSSR count). The van der Waals surface area contributed by atoms with E-state index in [4.69, 9.17) is 0 Å². The molecule has 8 heteroatoms. The molecule has 0 fully saturated rings. The topological polar surface area (TPSA) is 64.7 Å². The SMILES string of the molecule is O=C(CCn1cc(Br)cn1)Nc1cnn(Cc2ccc(F)cc2)c1. The van der Waals surface area contributed by atoms with Gasteiger partial charge in [-0.2, -0.15) is 10.2 Å². The number of nitrogens with zero attached hydrogens (tertiary/aromatic N) is 4. The van der Waals surface area contributed by atoms with Crippen molar-refractivity contribution in [2.75, 3.05) is 5.32 Å². The summed E-state index contributed by atoms with van der Waals surface area (Å²) in [4.78, 5) is 12.0. The molecule has 0 atom stereocenters. The van der Waals surface area contributed by atoms with Crippen LogP contribution in [0.1, 0.15) is 12.0 Å². The highest BCUT2D eigenvalue weighted by Gasteiger charge is 2.06. The summed E-state index contributed by atoms with van der Waals surface area (Å²) in [5, 5.41) is 11.1. The second-order valence-electron chi connectivity index (χ2n) is 5.27. The Morgan fingerprint density at radius 2 is 1.88 bits per heavy atom. The highest BCUT2D eigenvalue weighted by Crippen LogP contribution is 2.10. The Balaban J connectivity index is 1.51. The molecule has 0 bridgehead atoms. The zero-order valence-electron chi connectivity index (χ0n) is 12.7. The summed E-state index contributed by atoms with van der Waals surface area (Å²) in [6.07, 6.45) is 7.14. The van der Waals surface area contributed by atoms with Gasteiger partial charge in [0.15, 0.2) is 0 Å². The molecule has 0 aliphatic carbocycles. The number of carbonyl (C=O) groups is 1. The molecular formula is C16H15BrFN5O. The number of hydrogen-bond acceptors (Lipinski definition) is 3. The van der Waals surface area contributed by atoms with Gasteiger partial charge in [-0.25, -0.2) is 4.39 Å². The van der Waals surface area contributed by atoms with Crippen LogP contribution in [-0.4, -0.2) is 25.5 Å². The first-order valence-electron chi connectivity index (χ1n) is 7.33. The van der Waals surface area contributed by atoms with Gasteiger partial charge in [0.2, 0.25) is 5.91 Å². The summed E-state index contributed by atoms with van der Waals surface area (Å²) in [7, 11) is 0. The Kier molecular flexibility index (Phi) is 5.05. The van der Waals surface area contributed by atoms with Gasteiger partial charge in [0.25, 0.3) is 0 Å². The number of aryl methyl sites for hydroxylation is 1. The maximum atomic E-state index is 12.9. The third kappa shape index (κ3) is 4.51. The van der Waals surface area contributed by atoms with Crippen LogP contribution in [0, 0.1) is 5.82 Å². The number of rotatable bonds is 6. The number of aromatic nitrogens is 4. The lowest BCUT2D eigenvalue weighted by Crippen LogP contribution is -2.14. The van der Waals surface area contributed by atoms with Crippen molar-refractivity contribution >= 4 is 27.5 Å². The molecule has 2 heterocycles. The van der Waals surface area contributed by atoms with Crippen LogP contribution in [0.4, 0.5) is 10.1 Å². The molecule has 0 unspecified atom stereocenters. The smallest absolute Gasteiger partial charge is 0.226 e. The van der Waals surface area contributed by atoms with Crippen molar-refractivity contribution in [2.24, 2.45) is 0 Å². The van der Waals surface area contributed by atoms with Gasteiger partial charge in [-0.05, 0) is 33.6 Å². The van der Waals surface area contributed by atoms with E-state index < -0.39 is 0 Å². The van der Waals surface area contributed by atoms with E-state index in [0.717, 1.165) is 10.0 Å². The van der Waals surface area contributed by atoms with Crippen molar-refractivity contribution < 1.29 is 9.18 Å². The first-order valence-corrected chi connectivity index (χ1v) is 8.12. The van der Waals surface area contributed by atoms with Crippen LogP contribution in [0.3, 0.4) is 0 Å². The number of anilines is 1. The fourth-order valence-corrected chi connectivity index (χ4v) is 2.52. The summed E-state index contributed by atoms with van der Waals surface area (Å²) in [6, 6.07) is 6.24. The van der Waals surface area contributed by atoms with Gasteiger partial charge >= 0.3 is 0 Å². The van der Waals surface area contributed by atoms with E-state index in [0.29, 0.717) is 25.2 Å². The molecule has 0 radical (unpaired) electrons. The van der Waals surface area contributed by atoms with Gasteiger partial charge in [-0.3, -0.25) is 14.2 Å². The zero-order valence-corrected chi connectivity index (χ0v) is 14.3. The molecule has 1 aromatic carbocycles. The highest BCUT2D eigenvalue weighted by atomic mass is 79.9. The van der Waals surface area contributed by atoms with E-state index in [1.807, 2.05) is 6.20 Å². The largest absolute Gasteiger partial charge is 0.323 e. The van der Waals surface area contributed by atoms with E-state index in [-0.39, 0.29) is 11.7 Å².